The van der Waals surface area contributed by atoms with Gasteiger partial charge in [-0.3, -0.25) is 0 Å². The smallest absolute Gasteiger partial charge is 0.423 e. The SMILES string of the molecule is CCCCc1ccc(Nc2ncc(C(F)(F)F)c(OC3CCCCC3)n2)cc1. The van der Waals surface area contributed by atoms with Gasteiger partial charge in [0.15, 0.2) is 0 Å². The Labute approximate surface area is 163 Å². The molecule has 1 saturated carbocycles. The van der Waals surface area contributed by atoms with Crippen molar-refractivity contribution in [3.05, 3.63) is 41.6 Å². The minimum absolute atomic E-state index is 0.0973. The molecule has 1 aromatic carbocycles. The number of aromatic nitrogens is 2. The quantitative estimate of drug-likeness (QED) is 0.600. The van der Waals surface area contributed by atoms with E-state index < -0.39 is 17.6 Å². The highest BCUT2D eigenvalue weighted by Gasteiger charge is 2.37. The zero-order chi connectivity index (χ0) is 20.0. The molecule has 0 amide bonds. The minimum atomic E-state index is -4.55. The van der Waals surface area contributed by atoms with Crippen molar-refractivity contribution in [1.29, 1.82) is 0 Å². The molecule has 0 aliphatic heterocycles. The van der Waals surface area contributed by atoms with Crippen LogP contribution in [0.4, 0.5) is 24.8 Å². The molecule has 0 bridgehead atoms. The molecule has 1 N–H and O–H groups in total. The summed E-state index contributed by atoms with van der Waals surface area (Å²) in [5, 5.41) is 2.97. The highest BCUT2D eigenvalue weighted by molar-refractivity contribution is 5.54. The van der Waals surface area contributed by atoms with Crippen LogP contribution in [0.25, 0.3) is 0 Å². The van der Waals surface area contributed by atoms with Gasteiger partial charge in [0.1, 0.15) is 11.7 Å². The molecule has 2 aromatic rings. The Balaban J connectivity index is 1.76. The van der Waals surface area contributed by atoms with Gasteiger partial charge in [0.05, 0.1) is 0 Å². The van der Waals surface area contributed by atoms with E-state index in [2.05, 4.69) is 22.2 Å². The lowest BCUT2D eigenvalue weighted by molar-refractivity contribution is -0.140. The Morgan fingerprint density at radius 2 is 1.82 bits per heavy atom. The molecule has 1 aromatic heterocycles. The molecule has 0 spiro atoms. The number of nitrogens with one attached hydrogen (secondary N) is 1. The van der Waals surface area contributed by atoms with E-state index in [4.69, 9.17) is 4.74 Å². The maximum Gasteiger partial charge on any atom is 0.423 e. The highest BCUT2D eigenvalue weighted by Crippen LogP contribution is 2.36. The van der Waals surface area contributed by atoms with E-state index in [0.29, 0.717) is 0 Å². The van der Waals surface area contributed by atoms with Crippen LogP contribution in [0.15, 0.2) is 30.5 Å². The molecular formula is C21H26F3N3O. The second kappa shape index (κ2) is 9.26. The molecule has 1 fully saturated rings. The number of aryl methyl sites for hydroxylation is 1. The molecular weight excluding hydrogens is 367 g/mol. The standard InChI is InChI=1S/C21H26F3N3O/c1-2-3-7-15-10-12-16(13-11-15)26-20-25-14-18(21(22,23)24)19(27-20)28-17-8-5-4-6-9-17/h10-14,17H,2-9H2,1H3,(H,25,26,27). The van der Waals surface area contributed by atoms with Crippen LogP contribution in [0, 0.1) is 0 Å². The summed E-state index contributed by atoms with van der Waals surface area (Å²) >= 11 is 0. The third-order valence-corrected chi connectivity index (χ3v) is 4.92. The van der Waals surface area contributed by atoms with E-state index in [-0.39, 0.29) is 12.1 Å². The lowest BCUT2D eigenvalue weighted by atomic mass is 9.98. The first-order chi connectivity index (χ1) is 13.5. The predicted octanol–water partition coefficient (Wildman–Crippen LogP) is 6.29. The third-order valence-electron chi connectivity index (χ3n) is 4.92. The summed E-state index contributed by atoms with van der Waals surface area (Å²) < 4.78 is 45.6. The molecule has 1 aliphatic carbocycles. The number of ether oxygens (including phenoxy) is 1. The lowest BCUT2D eigenvalue weighted by Crippen LogP contribution is -2.22. The Kier molecular flexibility index (Phi) is 6.75. The fourth-order valence-electron chi connectivity index (χ4n) is 3.32. The normalized spacial score (nSPS) is 15.4. The number of nitrogens with zero attached hydrogens (tertiary/aromatic N) is 2. The molecule has 7 heteroatoms. The summed E-state index contributed by atoms with van der Waals surface area (Å²) in [6.45, 7) is 2.14. The zero-order valence-electron chi connectivity index (χ0n) is 16.1. The fourth-order valence-corrected chi connectivity index (χ4v) is 3.32. The Morgan fingerprint density at radius 1 is 1.11 bits per heavy atom. The predicted molar refractivity (Wildman–Crippen MR) is 103 cm³/mol. The van der Waals surface area contributed by atoms with Gasteiger partial charge in [-0.2, -0.15) is 18.2 Å². The number of anilines is 2. The maximum atomic E-state index is 13.3. The van der Waals surface area contributed by atoms with Gasteiger partial charge in [-0.25, -0.2) is 4.98 Å². The molecule has 0 saturated heterocycles. The summed E-state index contributed by atoms with van der Waals surface area (Å²) in [4.78, 5) is 7.88. The van der Waals surface area contributed by atoms with Gasteiger partial charge in [0.25, 0.3) is 0 Å². The number of unbranched alkanes of at least 4 members (excludes halogenated alkanes) is 1. The van der Waals surface area contributed by atoms with Gasteiger partial charge in [-0.15, -0.1) is 0 Å². The molecule has 1 heterocycles. The monoisotopic (exact) mass is 393 g/mol. The average molecular weight is 393 g/mol. The largest absolute Gasteiger partial charge is 0.474 e. The number of benzene rings is 1. The fraction of sp³-hybridized carbons (Fsp3) is 0.524. The van der Waals surface area contributed by atoms with E-state index in [0.717, 1.165) is 63.3 Å². The maximum absolute atomic E-state index is 13.3. The van der Waals surface area contributed by atoms with E-state index in [1.165, 1.54) is 5.56 Å². The molecule has 4 nitrogen and oxygen atoms in total. The van der Waals surface area contributed by atoms with Crippen molar-refractivity contribution in [2.24, 2.45) is 0 Å². The molecule has 0 unspecified atom stereocenters. The van der Waals surface area contributed by atoms with Crippen molar-refractivity contribution in [3.8, 4) is 5.88 Å². The number of rotatable bonds is 7. The van der Waals surface area contributed by atoms with Crippen LogP contribution in [0.5, 0.6) is 5.88 Å². The van der Waals surface area contributed by atoms with E-state index in [1.54, 1.807) is 0 Å². The van der Waals surface area contributed by atoms with Crippen molar-refractivity contribution in [2.45, 2.75) is 70.6 Å². The molecule has 152 valence electrons. The first kappa shape index (κ1) is 20.4. The molecule has 0 radical (unpaired) electrons. The van der Waals surface area contributed by atoms with Gasteiger partial charge in [-0.05, 0) is 56.2 Å². The van der Waals surface area contributed by atoms with Crippen LogP contribution in [0.3, 0.4) is 0 Å². The van der Waals surface area contributed by atoms with Gasteiger partial charge in [0, 0.05) is 11.9 Å². The Bertz CT molecular complexity index is 756. The number of hydrogen-bond donors (Lipinski definition) is 1. The zero-order valence-corrected chi connectivity index (χ0v) is 16.1. The van der Waals surface area contributed by atoms with Crippen molar-refractivity contribution in [3.63, 3.8) is 0 Å². The van der Waals surface area contributed by atoms with Gasteiger partial charge >= 0.3 is 6.18 Å². The Hall–Kier alpha value is -2.31. The lowest BCUT2D eigenvalue weighted by Gasteiger charge is -2.24. The second-order valence-electron chi connectivity index (χ2n) is 7.21. The van der Waals surface area contributed by atoms with Crippen LogP contribution in [-0.4, -0.2) is 16.1 Å². The first-order valence-corrected chi connectivity index (χ1v) is 9.92. The summed E-state index contributed by atoms with van der Waals surface area (Å²) in [6, 6.07) is 7.77. The molecule has 3 rings (SSSR count). The summed E-state index contributed by atoms with van der Waals surface area (Å²) in [6.07, 6.45) is 3.80. The number of hydrogen-bond acceptors (Lipinski definition) is 4. The molecule has 28 heavy (non-hydrogen) atoms. The second-order valence-corrected chi connectivity index (χ2v) is 7.21. The van der Waals surface area contributed by atoms with Crippen LogP contribution >= 0.6 is 0 Å². The molecule has 0 atom stereocenters. The highest BCUT2D eigenvalue weighted by atomic mass is 19.4. The Morgan fingerprint density at radius 3 is 2.46 bits per heavy atom. The van der Waals surface area contributed by atoms with Crippen molar-refractivity contribution in [2.75, 3.05) is 5.32 Å². The van der Waals surface area contributed by atoms with Gasteiger partial charge in [-0.1, -0.05) is 31.9 Å². The van der Waals surface area contributed by atoms with Gasteiger partial charge < -0.3 is 10.1 Å². The van der Waals surface area contributed by atoms with Crippen molar-refractivity contribution < 1.29 is 17.9 Å². The summed E-state index contributed by atoms with van der Waals surface area (Å²) in [7, 11) is 0. The first-order valence-electron chi connectivity index (χ1n) is 9.92. The topological polar surface area (TPSA) is 47.0 Å². The third kappa shape index (κ3) is 5.59. The molecule has 1 aliphatic rings. The van der Waals surface area contributed by atoms with E-state index in [9.17, 15) is 13.2 Å². The minimum Gasteiger partial charge on any atom is -0.474 e. The van der Waals surface area contributed by atoms with Crippen LogP contribution in [-0.2, 0) is 12.6 Å². The summed E-state index contributed by atoms with van der Waals surface area (Å²) in [5.41, 5.74) is 1.02. The van der Waals surface area contributed by atoms with Crippen LogP contribution in [0.1, 0.15) is 63.0 Å². The van der Waals surface area contributed by atoms with E-state index in [1.807, 2.05) is 24.3 Å². The number of halogens is 3. The van der Waals surface area contributed by atoms with Crippen LogP contribution < -0.4 is 10.1 Å². The van der Waals surface area contributed by atoms with Crippen molar-refractivity contribution >= 4 is 11.6 Å². The van der Waals surface area contributed by atoms with E-state index >= 15 is 0 Å². The van der Waals surface area contributed by atoms with Gasteiger partial charge in [0.2, 0.25) is 11.8 Å². The average Bonchev–Trinajstić information content (AvgIpc) is 2.67. The van der Waals surface area contributed by atoms with Crippen molar-refractivity contribution in [1.82, 2.24) is 9.97 Å². The van der Waals surface area contributed by atoms with Crippen LogP contribution in [0.2, 0.25) is 0 Å². The summed E-state index contributed by atoms with van der Waals surface area (Å²) in [5.74, 6) is -0.295. The number of alkyl halides is 3.